The summed E-state index contributed by atoms with van der Waals surface area (Å²) in [6.45, 7) is 0. The maximum atomic E-state index is 12.2. The van der Waals surface area contributed by atoms with Crippen molar-refractivity contribution in [3.63, 3.8) is 0 Å². The summed E-state index contributed by atoms with van der Waals surface area (Å²) < 4.78 is 13.1. The van der Waals surface area contributed by atoms with E-state index in [1.807, 2.05) is 35.7 Å². The van der Waals surface area contributed by atoms with Crippen LogP contribution < -0.4 is 5.73 Å². The van der Waals surface area contributed by atoms with E-state index in [-0.39, 0.29) is 6.04 Å². The summed E-state index contributed by atoms with van der Waals surface area (Å²) in [6, 6.07) is 18.0. The molecule has 3 aromatic rings. The second-order valence-corrected chi connectivity index (χ2v) is 7.33. The number of thiophene rings is 1. The Bertz CT molecular complexity index is 737. The van der Waals surface area contributed by atoms with Crippen LogP contribution in [0.4, 0.5) is 0 Å². The molecule has 2 N–H and O–H groups in total. The van der Waals surface area contributed by atoms with Gasteiger partial charge in [0.25, 0.3) is 0 Å². The summed E-state index contributed by atoms with van der Waals surface area (Å²) in [5, 5.41) is 4.31. The molecule has 0 saturated carbocycles. The number of hydrogen-bond donors (Lipinski definition) is 1. The molecule has 2 atom stereocenters. The van der Waals surface area contributed by atoms with E-state index in [9.17, 15) is 4.21 Å². The lowest BCUT2D eigenvalue weighted by Gasteiger charge is -2.12. The van der Waals surface area contributed by atoms with Crippen molar-refractivity contribution in [1.82, 2.24) is 0 Å². The molecule has 1 heterocycles. The molecular weight excluding hydrogens is 286 g/mol. The normalized spacial score (nSPS) is 14.2. The van der Waals surface area contributed by atoms with E-state index >= 15 is 0 Å². The Kier molecular flexibility index (Phi) is 3.96. The minimum atomic E-state index is -1.02. The Labute approximate surface area is 124 Å². The van der Waals surface area contributed by atoms with Crippen molar-refractivity contribution < 1.29 is 4.21 Å². The van der Waals surface area contributed by atoms with Crippen LogP contribution in [-0.4, -0.2) is 9.96 Å². The van der Waals surface area contributed by atoms with Crippen molar-refractivity contribution in [3.05, 3.63) is 65.5 Å². The van der Waals surface area contributed by atoms with Crippen LogP contribution in [0.25, 0.3) is 10.8 Å². The van der Waals surface area contributed by atoms with Gasteiger partial charge >= 0.3 is 0 Å². The first-order valence-corrected chi connectivity index (χ1v) is 8.60. The molecule has 0 aliphatic carbocycles. The van der Waals surface area contributed by atoms with Gasteiger partial charge in [-0.25, -0.2) is 0 Å². The predicted octanol–water partition coefficient (Wildman–Crippen LogP) is 3.71. The van der Waals surface area contributed by atoms with Crippen LogP contribution in [0.1, 0.15) is 11.6 Å². The summed E-state index contributed by atoms with van der Waals surface area (Å²) in [5.74, 6) is 0.457. The first-order chi connectivity index (χ1) is 9.74. The highest BCUT2D eigenvalue weighted by molar-refractivity contribution is 7.87. The summed E-state index contributed by atoms with van der Waals surface area (Å²) in [4.78, 5) is 0. The monoisotopic (exact) mass is 301 g/mol. The third kappa shape index (κ3) is 2.82. The quantitative estimate of drug-likeness (QED) is 0.798. The fraction of sp³-hybridized carbons (Fsp3) is 0.125. The van der Waals surface area contributed by atoms with E-state index in [0.717, 1.165) is 9.77 Å². The maximum absolute atomic E-state index is 12.2. The van der Waals surface area contributed by atoms with E-state index in [4.69, 9.17) is 5.73 Å². The van der Waals surface area contributed by atoms with Crippen molar-refractivity contribution in [2.75, 3.05) is 5.75 Å². The van der Waals surface area contributed by atoms with Gasteiger partial charge in [-0.05, 0) is 33.8 Å². The largest absolute Gasteiger partial charge is 0.323 e. The highest BCUT2D eigenvalue weighted by Crippen LogP contribution is 2.22. The molecule has 0 fully saturated rings. The summed E-state index contributed by atoms with van der Waals surface area (Å²) in [5.41, 5.74) is 7.24. The maximum Gasteiger partial charge on any atom is 0.0911 e. The van der Waals surface area contributed by atoms with Gasteiger partial charge < -0.3 is 5.73 Å². The van der Waals surface area contributed by atoms with Crippen LogP contribution in [0.2, 0.25) is 0 Å². The van der Waals surface area contributed by atoms with Crippen molar-refractivity contribution in [1.29, 1.82) is 0 Å². The average molecular weight is 301 g/mol. The van der Waals surface area contributed by atoms with E-state index in [1.165, 1.54) is 22.1 Å². The van der Waals surface area contributed by atoms with Gasteiger partial charge in [0.05, 0.1) is 15.0 Å². The molecule has 2 nitrogen and oxygen atoms in total. The molecule has 1 aromatic heterocycles. The average Bonchev–Trinajstić information content (AvgIpc) is 3.01. The molecule has 4 heteroatoms. The van der Waals surface area contributed by atoms with Crippen LogP contribution in [0, 0.1) is 0 Å². The third-order valence-electron chi connectivity index (χ3n) is 3.25. The lowest BCUT2D eigenvalue weighted by atomic mass is 10.0. The minimum absolute atomic E-state index is 0.206. The summed E-state index contributed by atoms with van der Waals surface area (Å²) in [6.07, 6.45) is 0. The lowest BCUT2D eigenvalue weighted by molar-refractivity contribution is 0.677. The predicted molar refractivity (Wildman–Crippen MR) is 86.5 cm³/mol. The Morgan fingerprint density at radius 1 is 1.05 bits per heavy atom. The zero-order chi connectivity index (χ0) is 13.9. The molecule has 0 amide bonds. The molecule has 3 rings (SSSR count). The number of benzene rings is 2. The van der Waals surface area contributed by atoms with Crippen LogP contribution in [-0.2, 0) is 10.8 Å². The van der Waals surface area contributed by atoms with Crippen LogP contribution in [0.3, 0.4) is 0 Å². The van der Waals surface area contributed by atoms with Gasteiger partial charge in [0.15, 0.2) is 0 Å². The third-order valence-corrected chi connectivity index (χ3v) is 6.01. The van der Waals surface area contributed by atoms with Gasteiger partial charge in [-0.15, -0.1) is 11.3 Å². The van der Waals surface area contributed by atoms with Crippen molar-refractivity contribution in [2.24, 2.45) is 5.73 Å². The van der Waals surface area contributed by atoms with Gasteiger partial charge in [0.1, 0.15) is 0 Å². The zero-order valence-corrected chi connectivity index (χ0v) is 12.5. The number of nitrogens with two attached hydrogens (primary N) is 1. The Hall–Kier alpha value is -1.49. The Balaban J connectivity index is 1.81. The topological polar surface area (TPSA) is 43.1 Å². The zero-order valence-electron chi connectivity index (χ0n) is 10.9. The molecule has 2 unspecified atom stereocenters. The molecular formula is C16H15NOS2. The SMILES string of the molecule is NC(CS(=O)c1cccs1)c1ccc2ccccc2c1. The lowest BCUT2D eigenvalue weighted by Crippen LogP contribution is -2.18. The van der Waals surface area contributed by atoms with Gasteiger partial charge in [-0.2, -0.15) is 0 Å². The van der Waals surface area contributed by atoms with Crippen molar-refractivity contribution >= 4 is 32.9 Å². The van der Waals surface area contributed by atoms with Gasteiger partial charge in [-0.3, -0.25) is 4.21 Å². The molecule has 0 bridgehead atoms. The fourth-order valence-corrected chi connectivity index (χ4v) is 4.33. The van der Waals surface area contributed by atoms with Crippen molar-refractivity contribution in [3.8, 4) is 0 Å². The first-order valence-electron chi connectivity index (χ1n) is 6.40. The van der Waals surface area contributed by atoms with Gasteiger partial charge in [0.2, 0.25) is 0 Å². The van der Waals surface area contributed by atoms with E-state index in [0.29, 0.717) is 5.75 Å². The second-order valence-electron chi connectivity index (χ2n) is 4.66. The molecule has 0 aliphatic heterocycles. The van der Waals surface area contributed by atoms with E-state index < -0.39 is 10.8 Å². The van der Waals surface area contributed by atoms with Crippen molar-refractivity contribution in [2.45, 2.75) is 10.3 Å². The molecule has 0 spiro atoms. The molecule has 0 aliphatic rings. The Morgan fingerprint density at radius 3 is 2.60 bits per heavy atom. The number of rotatable bonds is 4. The minimum Gasteiger partial charge on any atom is -0.323 e. The first kappa shape index (κ1) is 13.5. The van der Waals surface area contributed by atoms with E-state index in [2.05, 4.69) is 24.3 Å². The van der Waals surface area contributed by atoms with E-state index in [1.54, 1.807) is 0 Å². The summed E-state index contributed by atoms with van der Waals surface area (Å²) >= 11 is 1.52. The molecule has 0 radical (unpaired) electrons. The standard InChI is InChI=1S/C16H15NOS2/c17-15(11-20(18)16-6-3-9-19-16)14-8-7-12-4-1-2-5-13(12)10-14/h1-10,15H,11,17H2. The molecule has 20 heavy (non-hydrogen) atoms. The fourth-order valence-electron chi connectivity index (χ4n) is 2.17. The van der Waals surface area contributed by atoms with Gasteiger partial charge in [0, 0.05) is 11.8 Å². The second kappa shape index (κ2) is 5.87. The molecule has 2 aromatic carbocycles. The highest BCUT2D eigenvalue weighted by atomic mass is 32.2. The number of hydrogen-bond acceptors (Lipinski definition) is 3. The Morgan fingerprint density at radius 2 is 1.85 bits per heavy atom. The molecule has 102 valence electrons. The van der Waals surface area contributed by atoms with Crippen LogP contribution in [0.15, 0.2) is 64.2 Å². The highest BCUT2D eigenvalue weighted by Gasteiger charge is 2.13. The molecule has 0 saturated heterocycles. The summed E-state index contributed by atoms with van der Waals surface area (Å²) in [7, 11) is -1.02. The van der Waals surface area contributed by atoms with Gasteiger partial charge in [-0.1, -0.05) is 42.5 Å². The van der Waals surface area contributed by atoms with Crippen LogP contribution in [0.5, 0.6) is 0 Å². The number of fused-ring (bicyclic) bond motifs is 1. The van der Waals surface area contributed by atoms with Crippen LogP contribution >= 0.6 is 11.3 Å². The smallest absolute Gasteiger partial charge is 0.0911 e.